The van der Waals surface area contributed by atoms with Crippen molar-refractivity contribution >= 4 is 22.8 Å². The van der Waals surface area contributed by atoms with Crippen molar-refractivity contribution in [1.29, 1.82) is 0 Å². The quantitative estimate of drug-likeness (QED) is 0.241. The topological polar surface area (TPSA) is 79.0 Å². The summed E-state index contributed by atoms with van der Waals surface area (Å²) < 4.78 is 84.3. The molecule has 0 aliphatic carbocycles. The van der Waals surface area contributed by atoms with Crippen LogP contribution in [-0.2, 0) is 25.4 Å². The Bertz CT molecular complexity index is 1380. The van der Waals surface area contributed by atoms with Gasteiger partial charge in [0.2, 0.25) is 0 Å². The van der Waals surface area contributed by atoms with Crippen molar-refractivity contribution in [2.45, 2.75) is 25.4 Å². The number of urea groups is 1. The molecular formula is C25H20F6N4O2. The summed E-state index contributed by atoms with van der Waals surface area (Å²) in [6, 6.07) is 14.9. The maximum atomic E-state index is 13.4. The molecule has 1 aromatic heterocycles. The number of carbonyl (C=O) groups is 1. The molecular weight excluding hydrogens is 502 g/mol. The number of hydrogen-bond donors (Lipinski definition) is 3. The van der Waals surface area contributed by atoms with E-state index in [0.717, 1.165) is 11.6 Å². The lowest BCUT2D eigenvalue weighted by Crippen LogP contribution is -2.30. The number of fused-ring (bicyclic) bond motifs is 1. The average Bonchev–Trinajstić information content (AvgIpc) is 3.24. The first-order chi connectivity index (χ1) is 17.5. The first kappa shape index (κ1) is 25.9. The molecule has 0 unspecified atom stereocenters. The van der Waals surface area contributed by atoms with Gasteiger partial charge in [-0.3, -0.25) is 10.4 Å². The molecule has 37 heavy (non-hydrogen) atoms. The van der Waals surface area contributed by atoms with E-state index in [1.165, 1.54) is 12.1 Å². The maximum Gasteiger partial charge on any atom is 0.416 e. The largest absolute Gasteiger partial charge is 0.489 e. The summed E-state index contributed by atoms with van der Waals surface area (Å²) in [7, 11) is 0. The summed E-state index contributed by atoms with van der Waals surface area (Å²) in [6.07, 6.45) is -9.29. The monoisotopic (exact) mass is 522 g/mol. The van der Waals surface area contributed by atoms with Crippen LogP contribution in [0.4, 0.5) is 37.0 Å². The van der Waals surface area contributed by atoms with Crippen molar-refractivity contribution in [2.75, 3.05) is 11.9 Å². The highest BCUT2D eigenvalue weighted by Crippen LogP contribution is 2.38. The minimum absolute atomic E-state index is 0.0659. The van der Waals surface area contributed by atoms with Crippen LogP contribution >= 0.6 is 0 Å². The van der Waals surface area contributed by atoms with E-state index in [0.29, 0.717) is 29.9 Å². The molecule has 4 rings (SSSR count). The molecule has 0 aliphatic heterocycles. The number of nitrogens with one attached hydrogen (secondary N) is 3. The predicted octanol–water partition coefficient (Wildman–Crippen LogP) is 6.54. The van der Waals surface area contributed by atoms with Gasteiger partial charge in [-0.1, -0.05) is 36.4 Å². The van der Waals surface area contributed by atoms with Crippen LogP contribution in [0.15, 0.2) is 66.7 Å². The fourth-order valence-corrected chi connectivity index (χ4v) is 3.60. The molecule has 6 nitrogen and oxygen atoms in total. The molecule has 0 spiro atoms. The van der Waals surface area contributed by atoms with E-state index in [1.807, 2.05) is 30.3 Å². The Morgan fingerprint density at radius 3 is 2.38 bits per heavy atom. The van der Waals surface area contributed by atoms with Crippen LogP contribution in [0, 0.1) is 0 Å². The summed E-state index contributed by atoms with van der Waals surface area (Å²) in [5.41, 5.74) is -1.71. The second-order valence-electron chi connectivity index (χ2n) is 8.05. The Hall–Kier alpha value is -4.22. The zero-order chi connectivity index (χ0) is 26.6. The molecule has 3 N–H and O–H groups in total. The van der Waals surface area contributed by atoms with E-state index < -0.39 is 41.7 Å². The molecule has 0 fully saturated rings. The fraction of sp³-hybridized carbons (Fsp3) is 0.200. The standard InChI is InChI=1S/C25H20F6N4O2/c26-24(27,28)17-7-6-16(20(12-17)25(29,30)31)14-37-18-8-9-21-19(13-18)22(35-34-21)33-23(36)32-11-10-15-4-2-1-3-5-15/h1-9,12-13H,10-11,14H2,(H3,32,33,34,35,36). The molecule has 4 aromatic rings. The van der Waals surface area contributed by atoms with Gasteiger partial charge in [-0.05, 0) is 42.3 Å². The van der Waals surface area contributed by atoms with Crippen LogP contribution in [0.25, 0.3) is 10.9 Å². The van der Waals surface area contributed by atoms with Crippen LogP contribution in [0.2, 0.25) is 0 Å². The number of hydrogen-bond acceptors (Lipinski definition) is 3. The lowest BCUT2D eigenvalue weighted by atomic mass is 10.0. The minimum Gasteiger partial charge on any atom is -0.489 e. The van der Waals surface area contributed by atoms with Crippen LogP contribution in [-0.4, -0.2) is 22.8 Å². The Labute approximate surface area is 206 Å². The molecule has 0 aliphatic rings. The van der Waals surface area contributed by atoms with E-state index in [1.54, 1.807) is 6.07 Å². The zero-order valence-corrected chi connectivity index (χ0v) is 19.0. The summed E-state index contributed by atoms with van der Waals surface area (Å²) in [5, 5.41) is 12.5. The zero-order valence-electron chi connectivity index (χ0n) is 19.0. The fourth-order valence-electron chi connectivity index (χ4n) is 3.60. The number of halogens is 6. The smallest absolute Gasteiger partial charge is 0.416 e. The lowest BCUT2D eigenvalue weighted by Gasteiger charge is -2.16. The number of aromatic amines is 1. The summed E-state index contributed by atoms with van der Waals surface area (Å²) in [4.78, 5) is 12.3. The third kappa shape index (κ3) is 6.51. The molecule has 0 saturated carbocycles. The number of aromatic nitrogens is 2. The number of rotatable bonds is 7. The highest BCUT2D eigenvalue weighted by Gasteiger charge is 2.38. The summed E-state index contributed by atoms with van der Waals surface area (Å²) >= 11 is 0. The number of alkyl halides is 6. The van der Waals surface area contributed by atoms with E-state index in [9.17, 15) is 31.1 Å². The van der Waals surface area contributed by atoms with Gasteiger partial charge >= 0.3 is 18.4 Å². The van der Waals surface area contributed by atoms with Crippen molar-refractivity contribution in [3.05, 3.63) is 89.0 Å². The number of benzene rings is 3. The number of ether oxygens (including phenoxy) is 1. The van der Waals surface area contributed by atoms with Gasteiger partial charge < -0.3 is 10.1 Å². The third-order valence-electron chi connectivity index (χ3n) is 5.45. The normalized spacial score (nSPS) is 11.9. The van der Waals surface area contributed by atoms with Crippen LogP contribution in [0.5, 0.6) is 5.75 Å². The van der Waals surface area contributed by atoms with Crippen LogP contribution in [0.3, 0.4) is 0 Å². The lowest BCUT2D eigenvalue weighted by molar-refractivity contribution is -0.143. The van der Waals surface area contributed by atoms with Gasteiger partial charge in [0.15, 0.2) is 5.82 Å². The third-order valence-corrected chi connectivity index (χ3v) is 5.45. The van der Waals surface area contributed by atoms with Crippen LogP contribution in [0.1, 0.15) is 22.3 Å². The maximum absolute atomic E-state index is 13.4. The van der Waals surface area contributed by atoms with Gasteiger partial charge in [-0.25, -0.2) is 4.79 Å². The Balaban J connectivity index is 1.44. The van der Waals surface area contributed by atoms with E-state index in [2.05, 4.69) is 20.8 Å². The highest BCUT2D eigenvalue weighted by atomic mass is 19.4. The van der Waals surface area contributed by atoms with Gasteiger partial charge in [0.25, 0.3) is 0 Å². The molecule has 1 heterocycles. The molecule has 0 saturated heterocycles. The Morgan fingerprint density at radius 1 is 0.919 bits per heavy atom. The highest BCUT2D eigenvalue weighted by molar-refractivity contribution is 5.99. The first-order valence-electron chi connectivity index (χ1n) is 11.0. The molecule has 3 aromatic carbocycles. The number of anilines is 1. The number of carbonyl (C=O) groups excluding carboxylic acids is 1. The van der Waals surface area contributed by atoms with Gasteiger partial charge in [0.05, 0.1) is 16.6 Å². The van der Waals surface area contributed by atoms with Crippen LogP contribution < -0.4 is 15.4 Å². The average molecular weight is 522 g/mol. The van der Waals surface area contributed by atoms with Crippen molar-refractivity contribution in [3.8, 4) is 5.75 Å². The summed E-state index contributed by atoms with van der Waals surface area (Å²) in [5.74, 6) is 0.303. The van der Waals surface area contributed by atoms with Gasteiger partial charge in [0, 0.05) is 17.5 Å². The molecule has 0 atom stereocenters. The SMILES string of the molecule is O=C(NCCc1ccccc1)Nc1n[nH]c2ccc(OCc3ccc(C(F)(F)F)cc3C(F)(F)F)cc12. The molecule has 0 radical (unpaired) electrons. The number of nitrogens with zero attached hydrogens (tertiary/aromatic N) is 1. The Morgan fingerprint density at radius 2 is 1.68 bits per heavy atom. The van der Waals surface area contributed by atoms with Crippen molar-refractivity contribution in [2.24, 2.45) is 0 Å². The summed E-state index contributed by atoms with van der Waals surface area (Å²) in [6.45, 7) is -0.250. The second-order valence-corrected chi connectivity index (χ2v) is 8.05. The van der Waals surface area contributed by atoms with Crippen molar-refractivity contribution in [3.63, 3.8) is 0 Å². The Kier molecular flexibility index (Phi) is 7.28. The van der Waals surface area contributed by atoms with E-state index >= 15 is 0 Å². The molecule has 194 valence electrons. The molecule has 2 amide bonds. The molecule has 12 heteroatoms. The first-order valence-corrected chi connectivity index (χ1v) is 11.0. The van der Waals surface area contributed by atoms with E-state index in [4.69, 9.17) is 4.74 Å². The molecule has 0 bridgehead atoms. The minimum atomic E-state index is -5.00. The van der Waals surface area contributed by atoms with E-state index in [-0.39, 0.29) is 17.6 Å². The van der Waals surface area contributed by atoms with Gasteiger partial charge in [-0.2, -0.15) is 31.4 Å². The number of H-pyrrole nitrogens is 1. The van der Waals surface area contributed by atoms with Gasteiger partial charge in [-0.15, -0.1) is 0 Å². The van der Waals surface area contributed by atoms with Crippen molar-refractivity contribution < 1.29 is 35.9 Å². The predicted molar refractivity (Wildman–Crippen MR) is 124 cm³/mol. The van der Waals surface area contributed by atoms with Crippen molar-refractivity contribution in [1.82, 2.24) is 15.5 Å². The second kappa shape index (κ2) is 10.4. The van der Waals surface area contributed by atoms with Gasteiger partial charge in [0.1, 0.15) is 12.4 Å². The number of amides is 2.